The van der Waals surface area contributed by atoms with Gasteiger partial charge in [-0.1, -0.05) is 12.2 Å². The molecule has 128 valence electrons. The van der Waals surface area contributed by atoms with Gasteiger partial charge >= 0.3 is 5.97 Å². The number of allylic oxidation sites excluding steroid dienone is 2. The van der Waals surface area contributed by atoms with E-state index in [1.54, 1.807) is 12.2 Å². The molecule has 1 fully saturated rings. The molecule has 3 rings (SSSR count). The number of aliphatic carboxylic acids is 1. The summed E-state index contributed by atoms with van der Waals surface area (Å²) in [5, 5.41) is 9.45. The fourth-order valence-electron chi connectivity index (χ4n) is 3.19. The van der Waals surface area contributed by atoms with Gasteiger partial charge in [0, 0.05) is 31.2 Å². The second kappa shape index (κ2) is 6.22. The maximum atomic E-state index is 13.2. The van der Waals surface area contributed by atoms with Gasteiger partial charge in [-0.25, -0.2) is 8.78 Å². The quantitative estimate of drug-likeness (QED) is 0.677. The highest BCUT2D eigenvalue weighted by molar-refractivity contribution is 6.02. The Bertz CT molecular complexity index is 676. The molecule has 0 spiro atoms. The fraction of sp³-hybridized carbons (Fsp3) is 0.412. The van der Waals surface area contributed by atoms with E-state index in [0.717, 1.165) is 18.2 Å². The van der Waals surface area contributed by atoms with Gasteiger partial charge in [-0.2, -0.15) is 0 Å². The van der Waals surface area contributed by atoms with Crippen LogP contribution in [0.15, 0.2) is 30.4 Å². The van der Waals surface area contributed by atoms with E-state index in [0.29, 0.717) is 13.0 Å². The van der Waals surface area contributed by atoms with Crippen LogP contribution in [0.1, 0.15) is 19.3 Å². The number of rotatable bonds is 4. The lowest BCUT2D eigenvalue weighted by molar-refractivity contribution is -0.159. The molecule has 1 aromatic carbocycles. The van der Waals surface area contributed by atoms with Crippen molar-refractivity contribution in [2.45, 2.75) is 25.4 Å². The number of likely N-dealkylation sites (tertiary alicyclic amines) is 1. The van der Waals surface area contributed by atoms with Crippen molar-refractivity contribution in [2.24, 2.45) is 5.41 Å². The lowest BCUT2D eigenvalue weighted by Crippen LogP contribution is -2.47. The predicted molar refractivity (Wildman–Crippen MR) is 80.4 cm³/mol. The number of hydrogen-bond donors (Lipinski definition) is 1. The van der Waals surface area contributed by atoms with Crippen LogP contribution in [0.5, 0.6) is 5.75 Å². The van der Waals surface area contributed by atoms with E-state index in [1.165, 1.54) is 4.90 Å². The summed E-state index contributed by atoms with van der Waals surface area (Å²) in [6.45, 7) is 0.558. The summed E-state index contributed by atoms with van der Waals surface area (Å²) in [5.41, 5.74) is -1.43. The topological polar surface area (TPSA) is 66.8 Å². The zero-order chi connectivity index (χ0) is 17.3. The Morgan fingerprint density at radius 3 is 2.38 bits per heavy atom. The molecule has 0 aromatic heterocycles. The van der Waals surface area contributed by atoms with Crippen molar-refractivity contribution in [2.75, 3.05) is 13.1 Å². The van der Waals surface area contributed by atoms with Crippen molar-refractivity contribution in [3.63, 3.8) is 0 Å². The first-order valence-electron chi connectivity index (χ1n) is 7.71. The molecule has 1 amide bonds. The maximum Gasteiger partial charge on any atom is 0.319 e. The number of carboxylic acid groups (broad SMARTS) is 1. The second-order valence-corrected chi connectivity index (χ2v) is 6.15. The van der Waals surface area contributed by atoms with Crippen LogP contribution in [-0.4, -0.2) is 41.1 Å². The number of nitrogens with zero attached hydrogens (tertiary/aromatic N) is 1. The van der Waals surface area contributed by atoms with E-state index < -0.39 is 35.0 Å². The molecule has 1 aliphatic heterocycles. The Hall–Kier alpha value is -2.44. The molecule has 1 aromatic rings. The standard InChI is InChI=1S/C17H17F2NO4/c18-11-7-12(19)9-14(8-11)24-13-3-6-20(10-13)15(21)17(16(22)23)4-1-2-5-17/h1-2,7-9,13H,3-6,10H2,(H,22,23). The first-order valence-corrected chi connectivity index (χ1v) is 7.71. The van der Waals surface area contributed by atoms with Crippen molar-refractivity contribution >= 4 is 11.9 Å². The van der Waals surface area contributed by atoms with E-state index in [9.17, 15) is 23.5 Å². The van der Waals surface area contributed by atoms with E-state index in [2.05, 4.69) is 0 Å². The molecule has 2 aliphatic rings. The number of carboxylic acids is 1. The van der Waals surface area contributed by atoms with Crippen molar-refractivity contribution in [1.29, 1.82) is 0 Å². The third-order valence-electron chi connectivity index (χ3n) is 4.49. The number of ether oxygens (including phenoxy) is 1. The monoisotopic (exact) mass is 337 g/mol. The Balaban J connectivity index is 1.66. The van der Waals surface area contributed by atoms with Crippen LogP contribution in [0.4, 0.5) is 8.78 Å². The SMILES string of the molecule is O=C(O)C1(C(=O)N2CCC(Oc3cc(F)cc(F)c3)C2)CC=CC1. The molecule has 5 nitrogen and oxygen atoms in total. The van der Waals surface area contributed by atoms with Gasteiger partial charge < -0.3 is 14.7 Å². The summed E-state index contributed by atoms with van der Waals surface area (Å²) in [7, 11) is 0. The number of carbonyl (C=O) groups excluding carboxylic acids is 1. The molecule has 1 aliphatic carbocycles. The summed E-state index contributed by atoms with van der Waals surface area (Å²) in [6, 6.07) is 2.90. The molecule has 0 saturated carbocycles. The van der Waals surface area contributed by atoms with Crippen molar-refractivity contribution in [1.82, 2.24) is 4.90 Å². The average molecular weight is 337 g/mol. The predicted octanol–water partition coefficient (Wildman–Crippen LogP) is 2.37. The van der Waals surface area contributed by atoms with Crippen LogP contribution in [0.2, 0.25) is 0 Å². The molecule has 24 heavy (non-hydrogen) atoms. The smallest absolute Gasteiger partial charge is 0.319 e. The highest BCUT2D eigenvalue weighted by Crippen LogP contribution is 2.37. The Labute approximate surface area is 137 Å². The molecule has 1 heterocycles. The molecule has 1 unspecified atom stereocenters. The van der Waals surface area contributed by atoms with Gasteiger partial charge in [-0.3, -0.25) is 9.59 Å². The highest BCUT2D eigenvalue weighted by Gasteiger charge is 2.49. The third kappa shape index (κ3) is 2.98. The highest BCUT2D eigenvalue weighted by atomic mass is 19.1. The van der Waals surface area contributed by atoms with E-state index in [1.807, 2.05) is 0 Å². The number of benzene rings is 1. The minimum Gasteiger partial charge on any atom is -0.488 e. The van der Waals surface area contributed by atoms with Gasteiger partial charge in [0.05, 0.1) is 6.54 Å². The number of carbonyl (C=O) groups is 2. The van der Waals surface area contributed by atoms with Crippen LogP contribution >= 0.6 is 0 Å². The van der Waals surface area contributed by atoms with E-state index in [4.69, 9.17) is 4.74 Å². The first-order chi connectivity index (χ1) is 11.4. The largest absolute Gasteiger partial charge is 0.488 e. The molecule has 0 bridgehead atoms. The molecule has 7 heteroatoms. The zero-order valence-electron chi connectivity index (χ0n) is 12.9. The number of halogens is 2. The van der Waals surface area contributed by atoms with Crippen LogP contribution in [0.25, 0.3) is 0 Å². The molecular formula is C17H17F2NO4. The lowest BCUT2D eigenvalue weighted by atomic mass is 9.84. The van der Waals surface area contributed by atoms with Gasteiger partial charge in [0.25, 0.3) is 0 Å². The summed E-state index contributed by atoms with van der Waals surface area (Å²) in [4.78, 5) is 25.7. The van der Waals surface area contributed by atoms with Gasteiger partial charge in [0.15, 0.2) is 5.41 Å². The van der Waals surface area contributed by atoms with E-state index in [-0.39, 0.29) is 25.1 Å². The number of hydrogen-bond acceptors (Lipinski definition) is 3. The Kier molecular flexibility index (Phi) is 4.26. The minimum atomic E-state index is -1.43. The molecule has 1 atom stereocenters. The summed E-state index contributed by atoms with van der Waals surface area (Å²) >= 11 is 0. The number of amides is 1. The molecule has 1 saturated heterocycles. The lowest BCUT2D eigenvalue weighted by Gasteiger charge is -2.28. The van der Waals surface area contributed by atoms with E-state index >= 15 is 0 Å². The maximum absolute atomic E-state index is 13.2. The van der Waals surface area contributed by atoms with Crippen LogP contribution in [0.3, 0.4) is 0 Å². The van der Waals surface area contributed by atoms with Gasteiger partial charge in [-0.05, 0) is 12.8 Å². The summed E-state index contributed by atoms with van der Waals surface area (Å²) < 4.78 is 31.9. The van der Waals surface area contributed by atoms with Crippen molar-refractivity contribution < 1.29 is 28.2 Å². The second-order valence-electron chi connectivity index (χ2n) is 6.15. The van der Waals surface area contributed by atoms with Gasteiger partial charge in [0.1, 0.15) is 23.5 Å². The summed E-state index contributed by atoms with van der Waals surface area (Å²) in [5.74, 6) is -2.98. The van der Waals surface area contributed by atoms with Crippen LogP contribution in [-0.2, 0) is 9.59 Å². The molecule has 1 N–H and O–H groups in total. The zero-order valence-corrected chi connectivity index (χ0v) is 12.9. The van der Waals surface area contributed by atoms with Crippen LogP contribution < -0.4 is 4.74 Å². The normalized spacial score (nSPS) is 21.9. The van der Waals surface area contributed by atoms with Crippen molar-refractivity contribution in [3.05, 3.63) is 42.0 Å². The third-order valence-corrected chi connectivity index (χ3v) is 4.49. The van der Waals surface area contributed by atoms with Gasteiger partial charge in [-0.15, -0.1) is 0 Å². The minimum absolute atomic E-state index is 0.0577. The average Bonchev–Trinajstić information content (AvgIpc) is 3.15. The fourth-order valence-corrected chi connectivity index (χ4v) is 3.19. The molecule has 0 radical (unpaired) electrons. The molecular weight excluding hydrogens is 320 g/mol. The first kappa shape index (κ1) is 16.4. The van der Waals surface area contributed by atoms with Crippen LogP contribution in [0, 0.1) is 17.0 Å². The van der Waals surface area contributed by atoms with Gasteiger partial charge in [0.2, 0.25) is 5.91 Å². The summed E-state index contributed by atoms with van der Waals surface area (Å²) in [6.07, 6.45) is 3.82. The Morgan fingerprint density at radius 1 is 1.17 bits per heavy atom. The Morgan fingerprint density at radius 2 is 1.79 bits per heavy atom. The van der Waals surface area contributed by atoms with Crippen molar-refractivity contribution in [3.8, 4) is 5.75 Å².